The summed E-state index contributed by atoms with van der Waals surface area (Å²) in [6, 6.07) is 1.67. The first-order valence-electron chi connectivity index (χ1n) is 10.9. The van der Waals surface area contributed by atoms with Crippen molar-refractivity contribution in [3.63, 3.8) is 0 Å². The van der Waals surface area contributed by atoms with Gasteiger partial charge in [-0.05, 0) is 25.3 Å². The largest absolute Gasteiger partial charge is 0.374 e. The second kappa shape index (κ2) is 7.58. The number of halogens is 2. The maximum atomic E-state index is 13.7. The van der Waals surface area contributed by atoms with E-state index >= 15 is 0 Å². The Balaban J connectivity index is 1.34. The Morgan fingerprint density at radius 3 is 2.79 bits per heavy atom. The Kier molecular flexibility index (Phi) is 4.64. The summed E-state index contributed by atoms with van der Waals surface area (Å²) >= 11 is 0. The Bertz CT molecular complexity index is 1240. The zero-order chi connectivity index (χ0) is 22.7. The van der Waals surface area contributed by atoms with Crippen molar-refractivity contribution >= 4 is 29.3 Å². The van der Waals surface area contributed by atoms with E-state index in [1.165, 1.54) is 15.4 Å². The predicted octanol–water partition coefficient (Wildman–Crippen LogP) is 2.24. The Morgan fingerprint density at radius 1 is 1.24 bits per heavy atom. The number of alkyl halides is 2. The fraction of sp³-hybridized carbons (Fsp3) is 0.476. The number of fused-ring (bicyclic) bond motifs is 3. The van der Waals surface area contributed by atoms with Crippen LogP contribution in [-0.2, 0) is 9.53 Å². The molecule has 10 nitrogen and oxygen atoms in total. The van der Waals surface area contributed by atoms with Crippen LogP contribution in [0.5, 0.6) is 0 Å². The van der Waals surface area contributed by atoms with Crippen LogP contribution < -0.4 is 10.2 Å². The molecule has 1 aliphatic carbocycles. The van der Waals surface area contributed by atoms with Crippen molar-refractivity contribution in [3.8, 4) is 0 Å². The molecule has 1 N–H and O–H groups in total. The number of morpholine rings is 1. The summed E-state index contributed by atoms with van der Waals surface area (Å²) in [5, 5.41) is 11.2. The number of carbonyl (C=O) groups excluding carboxylic acids is 2. The van der Waals surface area contributed by atoms with Gasteiger partial charge in [0.25, 0.3) is 12.3 Å². The summed E-state index contributed by atoms with van der Waals surface area (Å²) in [6.45, 7) is 1.16. The minimum absolute atomic E-state index is 0.0583. The van der Waals surface area contributed by atoms with E-state index in [1.54, 1.807) is 18.5 Å². The van der Waals surface area contributed by atoms with E-state index in [4.69, 9.17) is 4.74 Å². The number of hydrogen-bond donors (Lipinski definition) is 1. The molecule has 2 atom stereocenters. The molecule has 2 bridgehead atoms. The number of rotatable bonds is 6. The van der Waals surface area contributed by atoms with Crippen LogP contribution in [0.2, 0.25) is 0 Å². The summed E-state index contributed by atoms with van der Waals surface area (Å²) in [5.41, 5.74) is 0.00264. The van der Waals surface area contributed by atoms with E-state index in [0.717, 1.165) is 12.7 Å². The Labute approximate surface area is 186 Å². The molecule has 3 aromatic heterocycles. The maximum Gasteiger partial charge on any atom is 0.284 e. The third-order valence-electron chi connectivity index (χ3n) is 6.71. The second-order valence-corrected chi connectivity index (χ2v) is 8.77. The topological polar surface area (TPSA) is 107 Å². The summed E-state index contributed by atoms with van der Waals surface area (Å²) in [7, 11) is 0. The fourth-order valence-corrected chi connectivity index (χ4v) is 4.93. The lowest BCUT2D eigenvalue weighted by molar-refractivity contribution is -0.114. The number of ether oxygens (including phenoxy) is 1. The number of nitrogens with zero attached hydrogens (tertiary/aromatic N) is 6. The second-order valence-electron chi connectivity index (χ2n) is 8.77. The molecule has 5 heterocycles. The zero-order valence-electron chi connectivity index (χ0n) is 17.5. The van der Waals surface area contributed by atoms with Gasteiger partial charge in [-0.3, -0.25) is 9.48 Å². The smallest absolute Gasteiger partial charge is 0.284 e. The van der Waals surface area contributed by atoms with Crippen LogP contribution in [0.25, 0.3) is 5.65 Å². The average molecular weight is 457 g/mol. The number of aromatic nitrogens is 5. The molecule has 0 spiro atoms. The highest BCUT2D eigenvalue weighted by atomic mass is 19.3. The van der Waals surface area contributed by atoms with E-state index in [2.05, 4.69) is 20.5 Å². The molecule has 33 heavy (non-hydrogen) atoms. The maximum absolute atomic E-state index is 13.7. The van der Waals surface area contributed by atoms with Crippen molar-refractivity contribution in [1.82, 2.24) is 24.4 Å². The van der Waals surface area contributed by atoms with Crippen molar-refractivity contribution in [3.05, 3.63) is 35.9 Å². The average Bonchev–Trinajstić information content (AvgIpc) is 3.54. The summed E-state index contributed by atoms with van der Waals surface area (Å²) in [6.07, 6.45) is 4.69. The van der Waals surface area contributed by atoms with Crippen molar-refractivity contribution in [2.24, 2.45) is 5.92 Å². The van der Waals surface area contributed by atoms with Gasteiger partial charge in [0.05, 0.1) is 30.5 Å². The van der Waals surface area contributed by atoms with Crippen LogP contribution in [0, 0.1) is 5.92 Å². The summed E-state index contributed by atoms with van der Waals surface area (Å²) in [4.78, 5) is 30.6. The molecule has 6 rings (SSSR count). The van der Waals surface area contributed by atoms with Crippen molar-refractivity contribution in [2.45, 2.75) is 43.9 Å². The highest BCUT2D eigenvalue weighted by Crippen LogP contribution is 2.39. The molecule has 172 valence electrons. The van der Waals surface area contributed by atoms with Crippen molar-refractivity contribution in [2.75, 3.05) is 23.4 Å². The van der Waals surface area contributed by atoms with Gasteiger partial charge in [-0.1, -0.05) is 0 Å². The molecule has 0 radical (unpaired) electrons. The van der Waals surface area contributed by atoms with E-state index in [0.29, 0.717) is 37.5 Å². The molecular weight excluding hydrogens is 436 g/mol. The molecule has 3 fully saturated rings. The van der Waals surface area contributed by atoms with Gasteiger partial charge in [-0.15, -0.1) is 5.10 Å². The predicted molar refractivity (Wildman–Crippen MR) is 111 cm³/mol. The van der Waals surface area contributed by atoms with E-state index in [-0.39, 0.29) is 35.4 Å². The van der Waals surface area contributed by atoms with Crippen LogP contribution in [0.1, 0.15) is 47.8 Å². The van der Waals surface area contributed by atoms with Gasteiger partial charge in [0.1, 0.15) is 11.8 Å². The molecular formula is C21H21F2N7O3. The Hall–Kier alpha value is -3.41. The first-order valence-corrected chi connectivity index (χ1v) is 10.9. The van der Waals surface area contributed by atoms with Gasteiger partial charge < -0.3 is 19.7 Å². The van der Waals surface area contributed by atoms with Crippen LogP contribution >= 0.6 is 0 Å². The van der Waals surface area contributed by atoms with Gasteiger partial charge in [0, 0.05) is 31.1 Å². The molecule has 3 aromatic rings. The first-order chi connectivity index (χ1) is 16.0. The summed E-state index contributed by atoms with van der Waals surface area (Å²) in [5.74, 6) is -0.205. The molecule has 0 unspecified atom stereocenters. The Morgan fingerprint density at radius 2 is 2.09 bits per heavy atom. The fourth-order valence-electron chi connectivity index (χ4n) is 4.93. The standard InChI is InChI=1S/C21H21F2N7O3/c22-18(23)17-15(8-30(26-17)12-4-11(5-12)9-31)25-21(32)16-19-24-2-1-3-29(19)27-20(16)28-7-14-6-13(28)10-33-14/h1-3,8-9,11-14,18H,4-7,10H2,(H,25,32)/t11?,12?,13-,14-/m1/s1. The normalized spacial score (nSPS) is 26.2. The molecule has 2 aliphatic heterocycles. The number of aldehydes is 1. The quantitative estimate of drug-likeness (QED) is 0.566. The van der Waals surface area contributed by atoms with Crippen molar-refractivity contribution < 1.29 is 23.1 Å². The van der Waals surface area contributed by atoms with Gasteiger partial charge in [-0.2, -0.15) is 5.10 Å². The van der Waals surface area contributed by atoms with Gasteiger partial charge in [-0.25, -0.2) is 18.3 Å². The molecule has 1 saturated carbocycles. The number of anilines is 2. The number of amides is 1. The van der Waals surface area contributed by atoms with Gasteiger partial charge in [0.15, 0.2) is 17.2 Å². The first kappa shape index (κ1) is 20.2. The van der Waals surface area contributed by atoms with Crippen LogP contribution in [-0.4, -0.2) is 61.9 Å². The molecule has 1 amide bonds. The zero-order valence-corrected chi connectivity index (χ0v) is 17.5. The van der Waals surface area contributed by atoms with E-state index in [1.807, 2.05) is 4.90 Å². The van der Waals surface area contributed by atoms with E-state index < -0.39 is 18.0 Å². The van der Waals surface area contributed by atoms with Gasteiger partial charge >= 0.3 is 0 Å². The monoisotopic (exact) mass is 457 g/mol. The van der Waals surface area contributed by atoms with Crippen LogP contribution in [0.15, 0.2) is 24.7 Å². The number of carbonyl (C=O) groups is 2. The van der Waals surface area contributed by atoms with Gasteiger partial charge in [0.2, 0.25) is 0 Å². The molecule has 2 saturated heterocycles. The molecule has 3 aliphatic rings. The number of nitrogens with one attached hydrogen (secondary N) is 1. The molecule has 0 aromatic carbocycles. The molecule has 12 heteroatoms. The SMILES string of the molecule is O=CC1CC(n2cc(NC(=O)c3c(N4C[C@H]5C[C@@H]4CO5)nn4cccnc34)c(C(F)F)n2)C1. The number of hydrogen-bond acceptors (Lipinski definition) is 7. The third-order valence-corrected chi connectivity index (χ3v) is 6.71. The van der Waals surface area contributed by atoms with Crippen LogP contribution in [0.4, 0.5) is 20.3 Å². The highest BCUT2D eigenvalue weighted by molar-refractivity contribution is 6.12. The highest BCUT2D eigenvalue weighted by Gasteiger charge is 2.42. The minimum Gasteiger partial charge on any atom is -0.374 e. The lowest BCUT2D eigenvalue weighted by atomic mass is 9.81. The van der Waals surface area contributed by atoms with E-state index in [9.17, 15) is 18.4 Å². The lowest BCUT2D eigenvalue weighted by Gasteiger charge is -2.31. The summed E-state index contributed by atoms with van der Waals surface area (Å²) < 4.78 is 36.0. The van der Waals surface area contributed by atoms with Crippen LogP contribution in [0.3, 0.4) is 0 Å². The lowest BCUT2D eigenvalue weighted by Crippen LogP contribution is -2.38. The third kappa shape index (κ3) is 3.27. The minimum atomic E-state index is -2.86. The van der Waals surface area contributed by atoms with Crippen molar-refractivity contribution in [1.29, 1.82) is 0 Å².